The van der Waals surface area contributed by atoms with Crippen LogP contribution in [0, 0.1) is 5.92 Å². The van der Waals surface area contributed by atoms with Crippen molar-refractivity contribution in [2.24, 2.45) is 5.92 Å². The van der Waals surface area contributed by atoms with Crippen molar-refractivity contribution in [1.82, 2.24) is 9.80 Å². The molecule has 0 aromatic rings. The van der Waals surface area contributed by atoms with Crippen LogP contribution in [0.5, 0.6) is 0 Å². The Balaban J connectivity index is 1.96. The second-order valence-corrected chi connectivity index (χ2v) is 8.18. The van der Waals surface area contributed by atoms with Gasteiger partial charge in [0.25, 0.3) is 0 Å². The molecular formula is C16H28N2O4. The lowest BCUT2D eigenvalue weighted by molar-refractivity contribution is 0.0165. The van der Waals surface area contributed by atoms with Crippen molar-refractivity contribution in [2.75, 3.05) is 19.6 Å². The normalized spacial score (nSPS) is 25.2. The van der Waals surface area contributed by atoms with E-state index in [9.17, 15) is 9.59 Å². The van der Waals surface area contributed by atoms with Gasteiger partial charge in [0.1, 0.15) is 11.2 Å². The summed E-state index contributed by atoms with van der Waals surface area (Å²) in [4.78, 5) is 27.9. The van der Waals surface area contributed by atoms with Gasteiger partial charge in [-0.15, -0.1) is 0 Å². The smallest absolute Gasteiger partial charge is 0.410 e. The summed E-state index contributed by atoms with van der Waals surface area (Å²) in [5.41, 5.74) is -1.00. The van der Waals surface area contributed by atoms with Gasteiger partial charge in [0.2, 0.25) is 0 Å². The molecule has 2 aliphatic rings. The maximum Gasteiger partial charge on any atom is 0.410 e. The molecule has 2 unspecified atom stereocenters. The lowest BCUT2D eigenvalue weighted by Crippen LogP contribution is -2.43. The van der Waals surface area contributed by atoms with E-state index in [2.05, 4.69) is 0 Å². The van der Waals surface area contributed by atoms with E-state index in [1.54, 1.807) is 9.80 Å². The fraction of sp³-hybridized carbons (Fsp3) is 0.875. The van der Waals surface area contributed by atoms with Crippen LogP contribution in [0.2, 0.25) is 0 Å². The zero-order valence-corrected chi connectivity index (χ0v) is 14.5. The summed E-state index contributed by atoms with van der Waals surface area (Å²) in [6.45, 7) is 13.0. The first-order valence-electron chi connectivity index (χ1n) is 7.94. The van der Waals surface area contributed by atoms with E-state index in [1.807, 2.05) is 41.5 Å². The molecule has 6 nitrogen and oxygen atoms in total. The second-order valence-electron chi connectivity index (χ2n) is 8.18. The van der Waals surface area contributed by atoms with Crippen molar-refractivity contribution in [3.63, 3.8) is 0 Å². The van der Waals surface area contributed by atoms with E-state index in [1.165, 1.54) is 0 Å². The Morgan fingerprint density at radius 2 is 1.45 bits per heavy atom. The Morgan fingerprint density at radius 1 is 0.909 bits per heavy atom. The molecule has 6 heteroatoms. The molecule has 22 heavy (non-hydrogen) atoms. The van der Waals surface area contributed by atoms with Gasteiger partial charge in [-0.3, -0.25) is 0 Å². The number of hydrogen-bond acceptors (Lipinski definition) is 4. The Labute approximate surface area is 132 Å². The molecule has 0 saturated carbocycles. The average Bonchev–Trinajstić information content (AvgIpc) is 2.81. The summed E-state index contributed by atoms with van der Waals surface area (Å²) >= 11 is 0. The zero-order chi connectivity index (χ0) is 16.7. The number of fused-ring (bicyclic) bond motifs is 1. The van der Waals surface area contributed by atoms with Crippen LogP contribution in [-0.2, 0) is 9.47 Å². The highest BCUT2D eigenvalue weighted by molar-refractivity contribution is 5.71. The van der Waals surface area contributed by atoms with E-state index < -0.39 is 11.2 Å². The number of likely N-dealkylation sites (tertiary alicyclic amines) is 2. The summed E-state index contributed by atoms with van der Waals surface area (Å²) in [5.74, 6) is 0.319. The van der Waals surface area contributed by atoms with Gasteiger partial charge in [0.15, 0.2) is 0 Å². The number of ether oxygens (including phenoxy) is 2. The van der Waals surface area contributed by atoms with Gasteiger partial charge in [0, 0.05) is 25.6 Å². The highest BCUT2D eigenvalue weighted by Crippen LogP contribution is 2.33. The minimum Gasteiger partial charge on any atom is -0.444 e. The molecule has 0 aliphatic carbocycles. The van der Waals surface area contributed by atoms with Crippen LogP contribution in [0.1, 0.15) is 48.0 Å². The predicted molar refractivity (Wildman–Crippen MR) is 82.6 cm³/mol. The quantitative estimate of drug-likeness (QED) is 0.690. The number of hydrogen-bond donors (Lipinski definition) is 0. The fourth-order valence-electron chi connectivity index (χ4n) is 2.98. The molecule has 2 amide bonds. The van der Waals surface area contributed by atoms with Crippen LogP contribution in [0.3, 0.4) is 0 Å². The van der Waals surface area contributed by atoms with Crippen molar-refractivity contribution in [3.05, 3.63) is 0 Å². The molecule has 0 aromatic heterocycles. The number of rotatable bonds is 0. The SMILES string of the molecule is CC(C)(C)OC(=O)N1CC2CCN(C(=O)OC(C)(C)C)C2C1. The first-order valence-corrected chi connectivity index (χ1v) is 7.94. The van der Waals surface area contributed by atoms with Crippen LogP contribution in [0.25, 0.3) is 0 Å². The number of carbonyl (C=O) groups is 2. The van der Waals surface area contributed by atoms with Crippen molar-refractivity contribution in [2.45, 2.75) is 65.2 Å². The largest absolute Gasteiger partial charge is 0.444 e. The first kappa shape index (κ1) is 16.9. The topological polar surface area (TPSA) is 59.1 Å². The van der Waals surface area contributed by atoms with Crippen molar-refractivity contribution >= 4 is 12.2 Å². The highest BCUT2D eigenvalue weighted by Gasteiger charge is 2.46. The third kappa shape index (κ3) is 4.05. The van der Waals surface area contributed by atoms with Gasteiger partial charge in [-0.25, -0.2) is 9.59 Å². The number of carbonyl (C=O) groups excluding carboxylic acids is 2. The van der Waals surface area contributed by atoms with Crippen LogP contribution < -0.4 is 0 Å². The first-order chi connectivity index (χ1) is 9.96. The second kappa shape index (κ2) is 5.63. The monoisotopic (exact) mass is 312 g/mol. The third-order valence-electron chi connectivity index (χ3n) is 3.83. The molecule has 2 atom stereocenters. The molecule has 2 heterocycles. The van der Waals surface area contributed by atoms with Gasteiger partial charge in [0.05, 0.1) is 6.04 Å². The molecule has 0 aromatic carbocycles. The van der Waals surface area contributed by atoms with Crippen LogP contribution in [0.15, 0.2) is 0 Å². The molecule has 2 saturated heterocycles. The van der Waals surface area contributed by atoms with E-state index >= 15 is 0 Å². The van der Waals surface area contributed by atoms with E-state index in [4.69, 9.17) is 9.47 Å². The Hall–Kier alpha value is -1.46. The Morgan fingerprint density at radius 3 is 2.00 bits per heavy atom. The average molecular weight is 312 g/mol. The maximum atomic E-state index is 12.3. The van der Waals surface area contributed by atoms with Crippen LogP contribution in [-0.4, -0.2) is 58.9 Å². The summed E-state index contributed by atoms with van der Waals surface area (Å²) < 4.78 is 10.9. The van der Waals surface area contributed by atoms with Crippen LogP contribution >= 0.6 is 0 Å². The van der Waals surface area contributed by atoms with Gasteiger partial charge >= 0.3 is 12.2 Å². The van der Waals surface area contributed by atoms with E-state index in [0.717, 1.165) is 6.42 Å². The standard InChI is InChI=1S/C16H28N2O4/c1-15(2,3)21-13(19)17-9-11-7-8-18(12(11)10-17)14(20)22-16(4,5)6/h11-12H,7-10H2,1-6H3. The summed E-state index contributed by atoms with van der Waals surface area (Å²) in [6.07, 6.45) is 0.320. The molecule has 2 aliphatic heterocycles. The molecule has 0 radical (unpaired) electrons. The lowest BCUT2D eigenvalue weighted by atomic mass is 10.1. The van der Waals surface area contributed by atoms with E-state index in [0.29, 0.717) is 25.6 Å². The lowest BCUT2D eigenvalue weighted by Gasteiger charge is -2.29. The minimum absolute atomic E-state index is 0.0439. The summed E-state index contributed by atoms with van der Waals surface area (Å²) in [7, 11) is 0. The molecule has 0 N–H and O–H groups in total. The van der Waals surface area contributed by atoms with Crippen LogP contribution in [0.4, 0.5) is 9.59 Å². The molecule has 0 bridgehead atoms. The van der Waals surface area contributed by atoms with Gasteiger partial charge in [-0.05, 0) is 48.0 Å². The molecule has 0 spiro atoms. The Bertz CT molecular complexity index is 450. The number of amides is 2. The fourth-order valence-corrected chi connectivity index (χ4v) is 2.98. The van der Waals surface area contributed by atoms with Gasteiger partial charge in [-0.1, -0.05) is 0 Å². The molecule has 2 rings (SSSR count). The summed E-state index contributed by atoms with van der Waals surface area (Å²) in [6, 6.07) is 0.0439. The molecule has 2 fully saturated rings. The Kier molecular flexibility index (Phi) is 4.33. The third-order valence-corrected chi connectivity index (χ3v) is 3.83. The minimum atomic E-state index is -0.501. The van der Waals surface area contributed by atoms with Crippen molar-refractivity contribution < 1.29 is 19.1 Å². The van der Waals surface area contributed by atoms with E-state index in [-0.39, 0.29) is 18.2 Å². The maximum absolute atomic E-state index is 12.3. The zero-order valence-electron chi connectivity index (χ0n) is 14.5. The molecule has 126 valence electrons. The van der Waals surface area contributed by atoms with Crippen molar-refractivity contribution in [1.29, 1.82) is 0 Å². The number of nitrogens with zero attached hydrogens (tertiary/aromatic N) is 2. The predicted octanol–water partition coefficient (Wildman–Crippen LogP) is 2.86. The van der Waals surface area contributed by atoms with Gasteiger partial charge in [-0.2, -0.15) is 0 Å². The van der Waals surface area contributed by atoms with Crippen molar-refractivity contribution in [3.8, 4) is 0 Å². The highest BCUT2D eigenvalue weighted by atomic mass is 16.6. The molecular weight excluding hydrogens is 284 g/mol. The summed E-state index contributed by atoms with van der Waals surface area (Å²) in [5, 5.41) is 0. The van der Waals surface area contributed by atoms with Gasteiger partial charge < -0.3 is 19.3 Å².